The molecule has 1 aliphatic heterocycles. The molecule has 0 aromatic carbocycles. The van der Waals surface area contributed by atoms with Gasteiger partial charge >= 0.3 is 0 Å². The van der Waals surface area contributed by atoms with Crippen LogP contribution in [-0.4, -0.2) is 36.2 Å². The Morgan fingerprint density at radius 3 is 3.00 bits per heavy atom. The summed E-state index contributed by atoms with van der Waals surface area (Å²) in [5, 5.41) is 15.0. The molecule has 15 heavy (non-hydrogen) atoms. The summed E-state index contributed by atoms with van der Waals surface area (Å²) < 4.78 is 0. The number of aliphatic hydroxyl groups excluding tert-OH is 1. The van der Waals surface area contributed by atoms with Crippen molar-refractivity contribution in [2.75, 3.05) is 13.1 Å². The van der Waals surface area contributed by atoms with Gasteiger partial charge in [-0.25, -0.2) is 0 Å². The van der Waals surface area contributed by atoms with Crippen LogP contribution in [0.25, 0.3) is 0 Å². The Morgan fingerprint density at radius 1 is 1.60 bits per heavy atom. The second-order valence-corrected chi connectivity index (χ2v) is 3.80. The van der Waals surface area contributed by atoms with Gasteiger partial charge in [0.2, 0.25) is 5.91 Å². The van der Waals surface area contributed by atoms with E-state index in [0.717, 1.165) is 19.3 Å². The van der Waals surface area contributed by atoms with Crippen LogP contribution in [0.15, 0.2) is 0 Å². The van der Waals surface area contributed by atoms with Crippen molar-refractivity contribution in [2.45, 2.75) is 37.8 Å². The molecule has 2 unspecified atom stereocenters. The predicted octanol–water partition coefficient (Wildman–Crippen LogP) is -0.371. The molecule has 1 aliphatic rings. The summed E-state index contributed by atoms with van der Waals surface area (Å²) in [4.78, 5) is 11.5. The Morgan fingerprint density at radius 2 is 2.40 bits per heavy atom. The van der Waals surface area contributed by atoms with E-state index in [-0.39, 0.29) is 18.1 Å². The second-order valence-electron chi connectivity index (χ2n) is 3.80. The van der Waals surface area contributed by atoms with Gasteiger partial charge in [0.1, 0.15) is 0 Å². The van der Waals surface area contributed by atoms with Crippen molar-refractivity contribution in [1.29, 1.82) is 0 Å². The predicted molar refractivity (Wildman–Crippen MR) is 58.1 cm³/mol. The molecule has 84 valence electrons. The zero-order valence-corrected chi connectivity index (χ0v) is 8.83. The topological polar surface area (TPSA) is 61.4 Å². The molecule has 0 spiro atoms. The number of aliphatic hydroxyl groups is 1. The average Bonchev–Trinajstić information content (AvgIpc) is 2.64. The van der Waals surface area contributed by atoms with Crippen LogP contribution in [0.1, 0.15) is 25.7 Å². The Bertz CT molecular complexity index is 247. The van der Waals surface area contributed by atoms with E-state index in [0.29, 0.717) is 19.5 Å². The van der Waals surface area contributed by atoms with E-state index in [1.54, 1.807) is 0 Å². The van der Waals surface area contributed by atoms with Gasteiger partial charge in [0, 0.05) is 19.5 Å². The minimum Gasteiger partial charge on any atom is -0.392 e. The normalized spacial score (nSPS) is 24.8. The van der Waals surface area contributed by atoms with Gasteiger partial charge in [-0.2, -0.15) is 0 Å². The largest absolute Gasteiger partial charge is 0.392 e. The SMILES string of the molecule is C#CCCCCNC(=O)C1CC(O)CN1. The van der Waals surface area contributed by atoms with Crippen LogP contribution in [0.5, 0.6) is 0 Å². The number of carbonyl (C=O) groups excluding carboxylic acids is 1. The Labute approximate surface area is 90.4 Å². The van der Waals surface area contributed by atoms with E-state index in [2.05, 4.69) is 16.6 Å². The molecule has 1 amide bonds. The molecule has 1 fully saturated rings. The van der Waals surface area contributed by atoms with Gasteiger partial charge in [0.25, 0.3) is 0 Å². The summed E-state index contributed by atoms with van der Waals surface area (Å²) in [6.45, 7) is 1.17. The van der Waals surface area contributed by atoms with Crippen LogP contribution in [0.2, 0.25) is 0 Å². The average molecular weight is 210 g/mol. The molecular weight excluding hydrogens is 192 g/mol. The highest BCUT2D eigenvalue weighted by Gasteiger charge is 2.27. The third-order valence-electron chi connectivity index (χ3n) is 2.47. The zero-order chi connectivity index (χ0) is 11.1. The van der Waals surface area contributed by atoms with Gasteiger partial charge in [-0.1, -0.05) is 0 Å². The highest BCUT2D eigenvalue weighted by Crippen LogP contribution is 2.05. The molecule has 0 radical (unpaired) electrons. The molecule has 1 saturated heterocycles. The Kier molecular flexibility index (Phi) is 5.16. The molecule has 0 aromatic heterocycles. The first-order valence-corrected chi connectivity index (χ1v) is 5.36. The van der Waals surface area contributed by atoms with Crippen LogP contribution in [0.4, 0.5) is 0 Å². The van der Waals surface area contributed by atoms with Gasteiger partial charge in [0.15, 0.2) is 0 Å². The summed E-state index contributed by atoms with van der Waals surface area (Å²) >= 11 is 0. The minimum absolute atomic E-state index is 0.0211. The van der Waals surface area contributed by atoms with E-state index >= 15 is 0 Å². The number of rotatable bonds is 5. The monoisotopic (exact) mass is 210 g/mol. The van der Waals surface area contributed by atoms with Gasteiger partial charge in [0.05, 0.1) is 12.1 Å². The zero-order valence-electron chi connectivity index (χ0n) is 8.83. The number of terminal acetylenes is 1. The lowest BCUT2D eigenvalue weighted by molar-refractivity contribution is -0.122. The number of nitrogens with one attached hydrogen (secondary N) is 2. The molecule has 0 saturated carbocycles. The molecule has 0 aromatic rings. The summed E-state index contributed by atoms with van der Waals surface area (Å²) in [7, 11) is 0. The third kappa shape index (κ3) is 4.32. The van der Waals surface area contributed by atoms with Crippen LogP contribution >= 0.6 is 0 Å². The maximum atomic E-state index is 11.5. The summed E-state index contributed by atoms with van der Waals surface area (Å²) in [5.74, 6) is 2.54. The van der Waals surface area contributed by atoms with Gasteiger partial charge in [-0.05, 0) is 19.3 Å². The molecular formula is C11H18N2O2. The van der Waals surface area contributed by atoms with Gasteiger partial charge < -0.3 is 15.7 Å². The van der Waals surface area contributed by atoms with Gasteiger partial charge in [-0.3, -0.25) is 4.79 Å². The fraction of sp³-hybridized carbons (Fsp3) is 0.727. The second kappa shape index (κ2) is 6.44. The molecule has 3 N–H and O–H groups in total. The molecule has 4 nitrogen and oxygen atoms in total. The molecule has 4 heteroatoms. The first-order chi connectivity index (χ1) is 7.24. The Balaban J connectivity index is 2.06. The number of unbranched alkanes of at least 4 members (excludes halogenated alkanes) is 2. The van der Waals surface area contributed by atoms with Crippen molar-refractivity contribution < 1.29 is 9.90 Å². The number of hydrogen-bond acceptors (Lipinski definition) is 3. The first-order valence-electron chi connectivity index (χ1n) is 5.36. The van der Waals surface area contributed by atoms with Crippen LogP contribution in [0, 0.1) is 12.3 Å². The van der Waals surface area contributed by atoms with Crippen molar-refractivity contribution in [2.24, 2.45) is 0 Å². The summed E-state index contributed by atoms with van der Waals surface area (Å²) in [5.41, 5.74) is 0. The minimum atomic E-state index is -0.387. The summed E-state index contributed by atoms with van der Waals surface area (Å²) in [6.07, 6.45) is 7.84. The van der Waals surface area contributed by atoms with E-state index in [1.807, 2.05) is 0 Å². The third-order valence-corrected chi connectivity index (χ3v) is 2.47. The van der Waals surface area contributed by atoms with E-state index < -0.39 is 0 Å². The number of β-amino-alcohol motifs (C(OH)–C–C–N with tert-alkyl or cyclic N) is 1. The van der Waals surface area contributed by atoms with Crippen molar-refractivity contribution in [3.05, 3.63) is 0 Å². The first kappa shape index (κ1) is 12.0. The quantitative estimate of drug-likeness (QED) is 0.428. The lowest BCUT2D eigenvalue weighted by Gasteiger charge is -2.10. The van der Waals surface area contributed by atoms with Crippen LogP contribution in [-0.2, 0) is 4.79 Å². The van der Waals surface area contributed by atoms with E-state index in [9.17, 15) is 9.90 Å². The van der Waals surface area contributed by atoms with E-state index in [4.69, 9.17) is 6.42 Å². The lowest BCUT2D eigenvalue weighted by Crippen LogP contribution is -2.40. The fourth-order valence-corrected chi connectivity index (χ4v) is 1.60. The smallest absolute Gasteiger partial charge is 0.237 e. The Hall–Kier alpha value is -1.05. The maximum absolute atomic E-state index is 11.5. The van der Waals surface area contributed by atoms with Crippen molar-refractivity contribution in [3.8, 4) is 12.3 Å². The highest BCUT2D eigenvalue weighted by molar-refractivity contribution is 5.82. The standard InChI is InChI=1S/C11H18N2O2/c1-2-3-4-5-6-12-11(15)10-7-9(14)8-13-10/h1,9-10,13-14H,3-8H2,(H,12,15). The van der Waals surface area contributed by atoms with Crippen molar-refractivity contribution in [1.82, 2.24) is 10.6 Å². The fourth-order valence-electron chi connectivity index (χ4n) is 1.60. The summed E-state index contributed by atoms with van der Waals surface area (Å²) in [6, 6.07) is -0.229. The maximum Gasteiger partial charge on any atom is 0.237 e. The number of hydrogen-bond donors (Lipinski definition) is 3. The van der Waals surface area contributed by atoms with Crippen LogP contribution in [0.3, 0.4) is 0 Å². The molecule has 1 heterocycles. The molecule has 0 aliphatic carbocycles. The number of amides is 1. The molecule has 1 rings (SSSR count). The highest BCUT2D eigenvalue weighted by atomic mass is 16.3. The van der Waals surface area contributed by atoms with E-state index in [1.165, 1.54) is 0 Å². The number of carbonyl (C=O) groups is 1. The van der Waals surface area contributed by atoms with Gasteiger partial charge in [-0.15, -0.1) is 12.3 Å². The van der Waals surface area contributed by atoms with Crippen molar-refractivity contribution in [3.63, 3.8) is 0 Å². The lowest BCUT2D eigenvalue weighted by atomic mass is 10.2. The van der Waals surface area contributed by atoms with Crippen molar-refractivity contribution >= 4 is 5.91 Å². The molecule has 0 bridgehead atoms. The van der Waals surface area contributed by atoms with Crippen LogP contribution < -0.4 is 10.6 Å². The molecule has 2 atom stereocenters.